The Morgan fingerprint density at radius 2 is 1.70 bits per heavy atom. The first kappa shape index (κ1) is 36.6. The average molecular weight is 704 g/mol. The number of fused-ring (bicyclic) bond motifs is 1. The zero-order valence-corrected chi connectivity index (χ0v) is 29.8. The van der Waals surface area contributed by atoms with Gasteiger partial charge in [0.1, 0.15) is 23.7 Å². The fraction of sp³-hybridized carbons (Fsp3) is 0.447. The van der Waals surface area contributed by atoms with Gasteiger partial charge in [-0.25, -0.2) is 4.79 Å². The fourth-order valence-corrected chi connectivity index (χ4v) is 7.14. The lowest BCUT2D eigenvalue weighted by Gasteiger charge is -2.37. The number of amides is 5. The number of likely N-dealkylation sites (tertiary alicyclic amines) is 1. The second-order valence-electron chi connectivity index (χ2n) is 14.1. The van der Waals surface area contributed by atoms with Gasteiger partial charge >= 0.3 is 6.09 Å². The van der Waals surface area contributed by atoms with Crippen LogP contribution in [0.1, 0.15) is 70.5 Å². The number of nitrogens with one attached hydrogen (secondary N) is 1. The monoisotopic (exact) mass is 703 g/mol. The van der Waals surface area contributed by atoms with Crippen LogP contribution in [0.3, 0.4) is 0 Å². The lowest BCUT2D eigenvalue weighted by molar-refractivity contribution is -0.148. The van der Waals surface area contributed by atoms with Crippen LogP contribution in [0.25, 0.3) is 10.8 Å². The van der Waals surface area contributed by atoms with Gasteiger partial charge in [-0.3, -0.25) is 24.1 Å². The second kappa shape index (κ2) is 15.5. The minimum atomic E-state index is -1.14. The number of halogens is 1. The van der Waals surface area contributed by atoms with Gasteiger partial charge in [0.2, 0.25) is 17.7 Å². The number of carbonyl (C=O) groups is 5. The highest BCUT2D eigenvalue weighted by molar-refractivity contribution is 6.30. The van der Waals surface area contributed by atoms with E-state index in [1.54, 1.807) is 45.0 Å². The zero-order chi connectivity index (χ0) is 36.2. The third kappa shape index (κ3) is 8.38. The van der Waals surface area contributed by atoms with E-state index in [9.17, 15) is 24.0 Å². The van der Waals surface area contributed by atoms with Gasteiger partial charge in [-0.1, -0.05) is 66.2 Å². The van der Waals surface area contributed by atoms with Crippen molar-refractivity contribution >= 4 is 52.1 Å². The summed E-state index contributed by atoms with van der Waals surface area (Å²) >= 11 is 6.39. The number of nitrogens with two attached hydrogens (primary N) is 1. The summed E-state index contributed by atoms with van der Waals surface area (Å²) in [6, 6.07) is 17.0. The molecule has 5 amide bonds. The van der Waals surface area contributed by atoms with Crippen molar-refractivity contribution in [1.82, 2.24) is 20.0 Å². The molecule has 0 aromatic heterocycles. The molecule has 266 valence electrons. The summed E-state index contributed by atoms with van der Waals surface area (Å²) in [5.74, 6) is -2.08. The standard InChI is InChI=1S/C38H46ClN5O6/c1-24-18-20-42(31(34(40)46)22-26-13-9-12-25-11-5-6-16-29(25)26)36(48)33(27-14-10-15-28(39)21-27)44(24)32(45)23-41-35(47)30-17-7-8-19-43(30)37(49)50-38(2,3)4/h5-6,9-16,21,24,30-31,33H,7-8,17-20,22-23H2,1-4H3,(H2,40,46)(H,41,47)/t24-,30+,31-,33+/m1/s1. The predicted molar refractivity (Wildman–Crippen MR) is 191 cm³/mol. The second-order valence-corrected chi connectivity index (χ2v) is 14.5. The van der Waals surface area contributed by atoms with Crippen LogP contribution in [0.15, 0.2) is 66.7 Å². The summed E-state index contributed by atoms with van der Waals surface area (Å²) in [4.78, 5) is 72.7. The largest absolute Gasteiger partial charge is 0.444 e. The van der Waals surface area contributed by atoms with Crippen molar-refractivity contribution in [3.8, 4) is 0 Å². The van der Waals surface area contributed by atoms with Crippen molar-refractivity contribution in [2.75, 3.05) is 19.6 Å². The Hall–Kier alpha value is -4.64. The summed E-state index contributed by atoms with van der Waals surface area (Å²) in [5.41, 5.74) is 6.62. The molecule has 0 saturated carbocycles. The Bertz CT molecular complexity index is 1750. The van der Waals surface area contributed by atoms with Gasteiger partial charge < -0.3 is 25.6 Å². The van der Waals surface area contributed by atoms with E-state index in [0.717, 1.165) is 29.2 Å². The van der Waals surface area contributed by atoms with Crippen LogP contribution in [0, 0.1) is 0 Å². The Morgan fingerprint density at radius 3 is 2.42 bits per heavy atom. The van der Waals surface area contributed by atoms with E-state index in [1.807, 2.05) is 49.4 Å². The van der Waals surface area contributed by atoms with E-state index in [2.05, 4.69) is 5.32 Å². The topological polar surface area (TPSA) is 142 Å². The highest BCUT2D eigenvalue weighted by Gasteiger charge is 2.43. The first-order chi connectivity index (χ1) is 23.7. The third-order valence-corrected chi connectivity index (χ3v) is 9.59. The molecule has 2 heterocycles. The van der Waals surface area contributed by atoms with Crippen molar-refractivity contribution < 1.29 is 28.7 Å². The number of nitrogens with zero attached hydrogens (tertiary/aromatic N) is 3. The maximum Gasteiger partial charge on any atom is 0.410 e. The first-order valence-corrected chi connectivity index (χ1v) is 17.5. The predicted octanol–water partition coefficient (Wildman–Crippen LogP) is 4.99. The van der Waals surface area contributed by atoms with Crippen molar-refractivity contribution in [3.63, 3.8) is 0 Å². The van der Waals surface area contributed by atoms with Gasteiger partial charge in [0.05, 0.1) is 6.54 Å². The first-order valence-electron chi connectivity index (χ1n) is 17.2. The molecule has 3 N–H and O–H groups in total. The summed E-state index contributed by atoms with van der Waals surface area (Å²) in [6.07, 6.45) is 1.89. The molecule has 2 aliphatic rings. The molecule has 2 aliphatic heterocycles. The van der Waals surface area contributed by atoms with Crippen LogP contribution in [0.4, 0.5) is 4.79 Å². The van der Waals surface area contributed by atoms with Crippen molar-refractivity contribution in [2.24, 2.45) is 5.73 Å². The number of rotatable bonds is 8. The number of benzene rings is 3. The Balaban J connectivity index is 1.41. The van der Waals surface area contributed by atoms with Crippen molar-refractivity contribution in [2.45, 2.75) is 89.6 Å². The summed E-state index contributed by atoms with van der Waals surface area (Å²) in [7, 11) is 0. The third-order valence-electron chi connectivity index (χ3n) is 9.36. The minimum absolute atomic E-state index is 0.179. The number of piperidine rings is 1. The molecule has 0 bridgehead atoms. The SMILES string of the molecule is C[C@@H]1CCN([C@H](Cc2cccc3ccccc23)C(N)=O)C(=O)[C@H](c2cccc(Cl)c2)N1C(=O)CNC(=O)[C@@H]1CCCCN1C(=O)OC(C)(C)C. The summed E-state index contributed by atoms with van der Waals surface area (Å²) in [5, 5.41) is 5.07. The molecule has 0 radical (unpaired) electrons. The maximum atomic E-state index is 14.7. The van der Waals surface area contributed by atoms with Gasteiger partial charge in [-0.15, -0.1) is 0 Å². The number of hydrogen-bond acceptors (Lipinski definition) is 6. The summed E-state index contributed by atoms with van der Waals surface area (Å²) < 4.78 is 5.54. The normalized spacial score (nSPS) is 20.6. The molecular formula is C38H46ClN5O6. The molecule has 4 atom stereocenters. The number of hydrogen-bond donors (Lipinski definition) is 2. The van der Waals surface area contributed by atoms with Crippen LogP contribution in [0.2, 0.25) is 5.02 Å². The molecule has 0 spiro atoms. The molecule has 11 nitrogen and oxygen atoms in total. The fourth-order valence-electron chi connectivity index (χ4n) is 6.94. The molecule has 50 heavy (non-hydrogen) atoms. The number of carbonyl (C=O) groups excluding carboxylic acids is 5. The number of ether oxygens (including phenoxy) is 1. The average Bonchev–Trinajstić information content (AvgIpc) is 3.20. The smallest absolute Gasteiger partial charge is 0.410 e. The van der Waals surface area contributed by atoms with Gasteiger partial charge in [0, 0.05) is 30.6 Å². The van der Waals surface area contributed by atoms with E-state index in [-0.39, 0.29) is 13.0 Å². The molecule has 2 fully saturated rings. The van der Waals surface area contributed by atoms with E-state index < -0.39 is 66.0 Å². The van der Waals surface area contributed by atoms with E-state index in [1.165, 1.54) is 14.7 Å². The Kier molecular flexibility index (Phi) is 11.4. The Labute approximate surface area is 298 Å². The molecule has 0 unspecified atom stereocenters. The van der Waals surface area contributed by atoms with Gasteiger partial charge in [-0.2, -0.15) is 0 Å². The van der Waals surface area contributed by atoms with E-state index in [4.69, 9.17) is 22.1 Å². The van der Waals surface area contributed by atoms with Gasteiger partial charge in [0.25, 0.3) is 5.91 Å². The molecule has 0 aliphatic carbocycles. The molecule has 5 rings (SSSR count). The lowest BCUT2D eigenvalue weighted by atomic mass is 9.96. The Morgan fingerprint density at radius 1 is 0.980 bits per heavy atom. The molecule has 3 aromatic carbocycles. The number of primary amides is 1. The van der Waals surface area contributed by atoms with Crippen LogP contribution < -0.4 is 11.1 Å². The van der Waals surface area contributed by atoms with E-state index in [0.29, 0.717) is 30.0 Å². The van der Waals surface area contributed by atoms with Gasteiger partial charge in [-0.05, 0) is 87.4 Å². The van der Waals surface area contributed by atoms with Crippen LogP contribution >= 0.6 is 11.6 Å². The zero-order valence-electron chi connectivity index (χ0n) is 29.1. The molecule has 2 saturated heterocycles. The van der Waals surface area contributed by atoms with Crippen LogP contribution in [0.5, 0.6) is 0 Å². The summed E-state index contributed by atoms with van der Waals surface area (Å²) in [6.45, 7) is 7.27. The minimum Gasteiger partial charge on any atom is -0.444 e. The van der Waals surface area contributed by atoms with Gasteiger partial charge in [0.15, 0.2) is 0 Å². The van der Waals surface area contributed by atoms with Crippen molar-refractivity contribution in [1.29, 1.82) is 0 Å². The lowest BCUT2D eigenvalue weighted by Crippen LogP contribution is -2.55. The molecular weight excluding hydrogens is 658 g/mol. The maximum absolute atomic E-state index is 14.7. The van der Waals surface area contributed by atoms with Crippen molar-refractivity contribution in [3.05, 3.63) is 82.9 Å². The highest BCUT2D eigenvalue weighted by atomic mass is 35.5. The quantitative estimate of drug-likeness (QED) is 0.339. The van der Waals surface area contributed by atoms with E-state index >= 15 is 0 Å². The molecule has 12 heteroatoms. The van der Waals surface area contributed by atoms with Crippen LogP contribution in [-0.4, -0.2) is 87.8 Å². The van der Waals surface area contributed by atoms with Crippen LogP contribution in [-0.2, 0) is 30.3 Å². The molecule has 3 aromatic rings. The highest BCUT2D eigenvalue weighted by Crippen LogP contribution is 2.33.